The van der Waals surface area contributed by atoms with Gasteiger partial charge in [0.15, 0.2) is 0 Å². The van der Waals surface area contributed by atoms with Gasteiger partial charge in [-0.2, -0.15) is 0 Å². The predicted molar refractivity (Wildman–Crippen MR) is 123 cm³/mol. The van der Waals surface area contributed by atoms with Crippen molar-refractivity contribution in [1.29, 1.82) is 0 Å². The molecule has 1 aliphatic carbocycles. The topological polar surface area (TPSA) is 116 Å². The molecule has 1 heterocycles. The molecule has 3 rings (SSSR count). The summed E-state index contributed by atoms with van der Waals surface area (Å²) in [5.41, 5.74) is 8.27. The Hall–Kier alpha value is -2.38. The number of aliphatic hydroxyl groups excluding tert-OH is 1. The molecule has 31 heavy (non-hydrogen) atoms. The Morgan fingerprint density at radius 1 is 1.13 bits per heavy atom. The van der Waals surface area contributed by atoms with Crippen molar-refractivity contribution in [2.45, 2.75) is 76.3 Å². The number of hydrogen-bond donors (Lipinski definition) is 5. The van der Waals surface area contributed by atoms with Gasteiger partial charge in [0.1, 0.15) is 5.76 Å². The Morgan fingerprint density at radius 2 is 1.90 bits per heavy atom. The number of aliphatic hydroxyl groups is 1. The quantitative estimate of drug-likeness (QED) is 0.274. The summed E-state index contributed by atoms with van der Waals surface area (Å²) in [5, 5.41) is 19.9. The largest absolute Gasteiger partial charge is 0.510 e. The van der Waals surface area contributed by atoms with Crippen LogP contribution in [0, 0.1) is 0 Å². The number of unbranched alkanes of at least 4 members (excludes halogenated alkanes) is 2. The molecule has 2 aliphatic rings. The van der Waals surface area contributed by atoms with Crippen LogP contribution in [0.25, 0.3) is 0 Å². The number of nitrogens with one attached hydrogen (secondary N) is 3. The first kappa shape index (κ1) is 23.3. The molecule has 1 saturated carbocycles. The minimum atomic E-state index is -0.423. The number of hydrogen-bond acceptors (Lipinski definition) is 5. The second-order valence-corrected chi connectivity index (χ2v) is 8.60. The van der Waals surface area contributed by atoms with Gasteiger partial charge in [-0.05, 0) is 87.7 Å². The maximum Gasteiger partial charge on any atom is 0.237 e. The Bertz CT molecular complexity index is 764. The summed E-state index contributed by atoms with van der Waals surface area (Å²) in [5.74, 6) is 0.270. The highest BCUT2D eigenvalue weighted by molar-refractivity contribution is 5.90. The summed E-state index contributed by atoms with van der Waals surface area (Å²) in [6.07, 6.45) is 8.47. The molecule has 1 saturated heterocycles. The molecule has 0 aromatic heterocycles. The van der Waals surface area contributed by atoms with Crippen molar-refractivity contribution >= 4 is 17.5 Å². The fourth-order valence-electron chi connectivity index (χ4n) is 4.04. The molecule has 1 aromatic carbocycles. The lowest BCUT2D eigenvalue weighted by Gasteiger charge is -2.26. The number of benzene rings is 1. The monoisotopic (exact) mass is 428 g/mol. The van der Waals surface area contributed by atoms with E-state index in [4.69, 9.17) is 5.73 Å². The number of amides is 2. The first-order valence-electron chi connectivity index (χ1n) is 11.6. The fraction of sp³-hybridized carbons (Fsp3) is 0.583. The molecule has 6 N–H and O–H groups in total. The maximum absolute atomic E-state index is 12.6. The van der Waals surface area contributed by atoms with Crippen molar-refractivity contribution < 1.29 is 14.7 Å². The van der Waals surface area contributed by atoms with Crippen LogP contribution in [0.3, 0.4) is 0 Å². The van der Waals surface area contributed by atoms with Gasteiger partial charge < -0.3 is 26.8 Å². The summed E-state index contributed by atoms with van der Waals surface area (Å²) in [6, 6.07) is 7.03. The Balaban J connectivity index is 1.57. The normalized spacial score (nSPS) is 18.9. The molecule has 0 spiro atoms. The van der Waals surface area contributed by atoms with Crippen molar-refractivity contribution in [3.8, 4) is 0 Å². The molecule has 2 unspecified atom stereocenters. The highest BCUT2D eigenvalue weighted by Gasteiger charge is 2.28. The number of rotatable bonds is 11. The maximum atomic E-state index is 12.6. The van der Waals surface area contributed by atoms with E-state index in [9.17, 15) is 14.7 Å². The van der Waals surface area contributed by atoms with Crippen LogP contribution in [0.1, 0.15) is 63.4 Å². The molecular formula is C24H36N4O3. The van der Waals surface area contributed by atoms with E-state index in [0.29, 0.717) is 25.1 Å². The van der Waals surface area contributed by atoms with Crippen LogP contribution in [-0.2, 0) is 16.0 Å². The summed E-state index contributed by atoms with van der Waals surface area (Å²) in [7, 11) is 0. The van der Waals surface area contributed by atoms with Crippen molar-refractivity contribution in [3.63, 3.8) is 0 Å². The predicted octanol–water partition coefficient (Wildman–Crippen LogP) is 2.92. The average molecular weight is 429 g/mol. The number of nitrogens with two attached hydrogens (primary N) is 1. The van der Waals surface area contributed by atoms with Gasteiger partial charge in [-0.1, -0.05) is 18.6 Å². The minimum Gasteiger partial charge on any atom is -0.510 e. The van der Waals surface area contributed by atoms with Gasteiger partial charge in [0.05, 0.1) is 12.1 Å². The minimum absolute atomic E-state index is 0.00587. The molecule has 7 nitrogen and oxygen atoms in total. The first-order chi connectivity index (χ1) is 15.1. The zero-order valence-electron chi connectivity index (χ0n) is 18.3. The van der Waals surface area contributed by atoms with Crippen LogP contribution in [0.2, 0.25) is 0 Å². The van der Waals surface area contributed by atoms with E-state index in [0.717, 1.165) is 74.7 Å². The molecular weight excluding hydrogens is 392 g/mol. The van der Waals surface area contributed by atoms with Gasteiger partial charge in [-0.3, -0.25) is 9.59 Å². The van der Waals surface area contributed by atoms with Gasteiger partial charge in [0, 0.05) is 12.1 Å². The van der Waals surface area contributed by atoms with E-state index in [1.54, 1.807) is 0 Å². The molecule has 2 fully saturated rings. The van der Waals surface area contributed by atoms with E-state index < -0.39 is 6.04 Å². The Morgan fingerprint density at radius 3 is 2.52 bits per heavy atom. The highest BCUT2D eigenvalue weighted by Crippen LogP contribution is 2.30. The summed E-state index contributed by atoms with van der Waals surface area (Å²) < 4.78 is 0. The lowest BCUT2D eigenvalue weighted by molar-refractivity contribution is -0.123. The highest BCUT2D eigenvalue weighted by atomic mass is 16.3. The van der Waals surface area contributed by atoms with Crippen molar-refractivity contribution in [2.75, 3.05) is 18.4 Å². The molecule has 2 atom stereocenters. The lowest BCUT2D eigenvalue weighted by Crippen LogP contribution is -2.47. The van der Waals surface area contributed by atoms with Crippen LogP contribution >= 0.6 is 0 Å². The number of carbonyl (C=O) groups is 2. The van der Waals surface area contributed by atoms with E-state index in [1.165, 1.54) is 0 Å². The van der Waals surface area contributed by atoms with E-state index >= 15 is 0 Å². The fourth-order valence-corrected chi connectivity index (χ4v) is 4.04. The summed E-state index contributed by atoms with van der Waals surface area (Å²) >= 11 is 0. The van der Waals surface area contributed by atoms with Gasteiger partial charge >= 0.3 is 0 Å². The third-order valence-corrected chi connectivity index (χ3v) is 6.13. The molecule has 0 bridgehead atoms. The van der Waals surface area contributed by atoms with E-state index in [2.05, 4.69) is 16.0 Å². The van der Waals surface area contributed by atoms with Crippen LogP contribution in [0.4, 0.5) is 5.69 Å². The molecule has 2 amide bonds. The average Bonchev–Trinajstić information content (AvgIpc) is 3.26. The molecule has 170 valence electrons. The van der Waals surface area contributed by atoms with Crippen LogP contribution in [-0.4, -0.2) is 42.1 Å². The van der Waals surface area contributed by atoms with E-state index in [-0.39, 0.29) is 17.9 Å². The second-order valence-electron chi connectivity index (χ2n) is 8.60. The van der Waals surface area contributed by atoms with Crippen molar-refractivity contribution in [2.24, 2.45) is 5.73 Å². The molecule has 0 radical (unpaired) electrons. The summed E-state index contributed by atoms with van der Waals surface area (Å²) in [4.78, 5) is 24.7. The number of anilines is 1. The Labute approximate surface area is 184 Å². The molecule has 1 aromatic rings. The second kappa shape index (κ2) is 11.9. The zero-order valence-corrected chi connectivity index (χ0v) is 18.3. The van der Waals surface area contributed by atoms with E-state index in [1.807, 2.05) is 24.3 Å². The Kier molecular flexibility index (Phi) is 8.91. The zero-order chi connectivity index (χ0) is 22.1. The SMILES string of the molecule is NCCCCCC(=O)Nc1ccc(CC(NC(=O)C2CCCN2)C(O)=C2CCC2)cc1. The lowest BCUT2D eigenvalue weighted by atomic mass is 9.88. The first-order valence-corrected chi connectivity index (χ1v) is 11.6. The third-order valence-electron chi connectivity index (χ3n) is 6.13. The third kappa shape index (κ3) is 7.08. The van der Waals surface area contributed by atoms with Crippen molar-refractivity contribution in [1.82, 2.24) is 10.6 Å². The number of allylic oxidation sites excluding steroid dienone is 1. The van der Waals surface area contributed by atoms with Gasteiger partial charge in [-0.25, -0.2) is 0 Å². The molecule has 7 heteroatoms. The van der Waals surface area contributed by atoms with Crippen LogP contribution in [0.15, 0.2) is 35.6 Å². The van der Waals surface area contributed by atoms with Gasteiger partial charge in [0.2, 0.25) is 11.8 Å². The van der Waals surface area contributed by atoms with Crippen LogP contribution < -0.4 is 21.7 Å². The smallest absolute Gasteiger partial charge is 0.237 e. The van der Waals surface area contributed by atoms with Crippen molar-refractivity contribution in [3.05, 3.63) is 41.2 Å². The van der Waals surface area contributed by atoms with Crippen LogP contribution in [0.5, 0.6) is 0 Å². The van der Waals surface area contributed by atoms with Gasteiger partial charge in [-0.15, -0.1) is 0 Å². The molecule has 1 aliphatic heterocycles. The standard InChI is InChI=1S/C24H36N4O3/c25-14-3-1-2-9-22(29)27-19-12-10-17(11-13-19)16-21(23(30)18-6-4-7-18)28-24(31)20-8-5-15-26-20/h10-13,20-21,26,30H,1-9,14-16,25H2,(H,27,29)(H,28,31). The number of carbonyl (C=O) groups excluding carboxylic acids is 2. The summed E-state index contributed by atoms with van der Waals surface area (Å²) in [6.45, 7) is 1.52. The van der Waals surface area contributed by atoms with Gasteiger partial charge in [0.25, 0.3) is 0 Å².